The van der Waals surface area contributed by atoms with Gasteiger partial charge in [-0.15, -0.1) is 0 Å². The van der Waals surface area contributed by atoms with Gasteiger partial charge in [-0.1, -0.05) is 18.2 Å². The smallest absolute Gasteiger partial charge is 0.212 e. The fourth-order valence-corrected chi connectivity index (χ4v) is 3.68. The molecular weight excluding hydrogens is 394 g/mol. The number of hydrogen-bond acceptors (Lipinski definition) is 4. The number of nitrogen functional groups attached to an aromatic ring is 1. The maximum atomic E-state index is 11.7. The van der Waals surface area contributed by atoms with Crippen molar-refractivity contribution >= 4 is 44.3 Å². The number of carbonyl (C=O) groups excluding carboxylic acids is 1. The molecule has 1 aromatic carbocycles. The lowest BCUT2D eigenvalue weighted by molar-refractivity contribution is -0.110. The van der Waals surface area contributed by atoms with Gasteiger partial charge in [-0.3, -0.25) is 19.6 Å². The van der Waals surface area contributed by atoms with Crippen molar-refractivity contribution in [2.45, 2.75) is 0 Å². The number of H-pyrrole nitrogens is 1. The highest BCUT2D eigenvalue weighted by Crippen LogP contribution is 2.32. The molecule has 4 aliphatic rings. The zero-order chi connectivity index (χ0) is 17.8. The quantitative estimate of drug-likeness (QED) is 0.470. The zero-order valence-corrected chi connectivity index (χ0v) is 15.0. The normalized spacial score (nSPS) is 16.7. The summed E-state index contributed by atoms with van der Waals surface area (Å²) in [5.41, 5.74) is 11.5. The van der Waals surface area contributed by atoms with Crippen LogP contribution >= 0.6 is 15.9 Å². The average molecular weight is 406 g/mol. The minimum absolute atomic E-state index is 0.0410. The second-order valence-corrected chi connectivity index (χ2v) is 6.92. The summed E-state index contributed by atoms with van der Waals surface area (Å²) >= 11 is 3.32. The Morgan fingerprint density at radius 1 is 1.08 bits per heavy atom. The first-order valence-electron chi connectivity index (χ1n) is 7.95. The van der Waals surface area contributed by atoms with Gasteiger partial charge in [0.15, 0.2) is 5.78 Å². The number of hydrogen-bond donors (Lipinski definition) is 2. The van der Waals surface area contributed by atoms with Crippen LogP contribution in [0.25, 0.3) is 33.4 Å². The molecule has 3 aliphatic heterocycles. The molecule has 6 nitrogen and oxygen atoms in total. The second kappa shape index (κ2) is 5.40. The Hall–Kier alpha value is -3.19. The number of ketones is 1. The van der Waals surface area contributed by atoms with E-state index in [4.69, 9.17) is 5.73 Å². The topological polar surface area (TPSA) is 89.6 Å². The summed E-state index contributed by atoms with van der Waals surface area (Å²) < 4.78 is 2.44. The molecule has 0 fully saturated rings. The molecule has 3 heterocycles. The van der Waals surface area contributed by atoms with Gasteiger partial charge in [0.1, 0.15) is 0 Å². The van der Waals surface area contributed by atoms with Gasteiger partial charge in [0, 0.05) is 22.5 Å². The van der Waals surface area contributed by atoms with Crippen LogP contribution in [0.2, 0.25) is 0 Å². The molecule has 0 spiro atoms. The number of nitrogens with two attached hydrogens (primary N) is 1. The van der Waals surface area contributed by atoms with E-state index in [-0.39, 0.29) is 5.78 Å². The Morgan fingerprint density at radius 3 is 2.81 bits per heavy atom. The summed E-state index contributed by atoms with van der Waals surface area (Å²) in [6.07, 6.45) is 8.79. The molecule has 1 aliphatic carbocycles. The summed E-state index contributed by atoms with van der Waals surface area (Å²) in [4.78, 5) is 20.5. The molecule has 0 atom stereocenters. The van der Waals surface area contributed by atoms with Gasteiger partial charge in [-0.2, -0.15) is 0 Å². The van der Waals surface area contributed by atoms with Gasteiger partial charge >= 0.3 is 0 Å². The Balaban J connectivity index is 1.93. The Labute approximate surface area is 156 Å². The van der Waals surface area contributed by atoms with E-state index < -0.39 is 0 Å². The van der Waals surface area contributed by atoms with E-state index in [0.29, 0.717) is 10.4 Å². The summed E-state index contributed by atoms with van der Waals surface area (Å²) in [5.74, 6) is 0.290. The highest BCUT2D eigenvalue weighted by atomic mass is 79.9. The molecule has 0 unspecified atom stereocenters. The summed E-state index contributed by atoms with van der Waals surface area (Å²) in [6, 6.07) is 8.02. The molecule has 3 N–H and O–H groups in total. The minimum Gasteiger partial charge on any atom is -0.368 e. The number of allylic oxidation sites excluding steroid dienone is 4. The number of nitrogens with zero attached hydrogens (tertiary/aromatic N) is 3. The lowest BCUT2D eigenvalue weighted by atomic mass is 10.0. The third-order valence-corrected chi connectivity index (χ3v) is 5.13. The van der Waals surface area contributed by atoms with Crippen molar-refractivity contribution in [1.82, 2.24) is 19.7 Å². The van der Waals surface area contributed by atoms with E-state index in [1.165, 1.54) is 0 Å². The lowest BCUT2D eigenvalue weighted by Gasteiger charge is -2.11. The Morgan fingerprint density at radius 2 is 1.96 bits per heavy atom. The highest BCUT2D eigenvalue weighted by Gasteiger charge is 2.18. The summed E-state index contributed by atoms with van der Waals surface area (Å²) in [7, 11) is 0. The molecule has 0 saturated carbocycles. The van der Waals surface area contributed by atoms with Crippen LogP contribution in [0, 0.1) is 0 Å². The monoisotopic (exact) mass is 405 g/mol. The third kappa shape index (κ3) is 2.14. The molecule has 0 amide bonds. The van der Waals surface area contributed by atoms with Gasteiger partial charge in [-0.25, -0.2) is 4.98 Å². The number of fused-ring (bicyclic) bond motifs is 2. The number of halogens is 1. The predicted octanol–water partition coefficient (Wildman–Crippen LogP) is 2.72. The predicted molar refractivity (Wildman–Crippen MR) is 104 cm³/mol. The van der Waals surface area contributed by atoms with Crippen LogP contribution in [0.3, 0.4) is 0 Å². The van der Waals surface area contributed by atoms with Crippen LogP contribution in [0.4, 0.5) is 5.95 Å². The van der Waals surface area contributed by atoms with Crippen molar-refractivity contribution in [3.63, 3.8) is 0 Å². The summed E-state index contributed by atoms with van der Waals surface area (Å²) in [6.45, 7) is 0. The van der Waals surface area contributed by atoms with Crippen LogP contribution in [-0.2, 0) is 4.79 Å². The first-order chi connectivity index (χ1) is 12.6. The maximum Gasteiger partial charge on any atom is 0.212 e. The minimum atomic E-state index is -0.0410. The second-order valence-electron chi connectivity index (χ2n) is 6.06. The van der Waals surface area contributed by atoms with Crippen molar-refractivity contribution in [3.05, 3.63) is 64.6 Å². The van der Waals surface area contributed by atoms with Crippen LogP contribution < -0.4 is 11.0 Å². The van der Waals surface area contributed by atoms with E-state index in [9.17, 15) is 4.79 Å². The zero-order valence-electron chi connectivity index (χ0n) is 13.4. The van der Waals surface area contributed by atoms with Crippen LogP contribution in [0.15, 0.2) is 59.4 Å². The molecule has 0 saturated heterocycles. The van der Waals surface area contributed by atoms with Gasteiger partial charge in [-0.05, 0) is 45.8 Å². The fourth-order valence-electron chi connectivity index (χ4n) is 3.31. The van der Waals surface area contributed by atoms with Crippen molar-refractivity contribution < 1.29 is 4.79 Å². The van der Waals surface area contributed by atoms with E-state index >= 15 is 0 Å². The third-order valence-electron chi connectivity index (χ3n) is 4.52. The SMILES string of the molecule is Nc1ncc2ccc3cnc4c-3c(cc/c4=C3\C=CC(=O)C(Br)=C3)n-2[nH]1. The number of rotatable bonds is 0. The van der Waals surface area contributed by atoms with Crippen LogP contribution in [0.1, 0.15) is 0 Å². The molecule has 5 rings (SSSR count). The number of nitrogens with one attached hydrogen (secondary N) is 1. The lowest BCUT2D eigenvalue weighted by Crippen LogP contribution is -2.12. The average Bonchev–Trinajstić information content (AvgIpc) is 2.99. The molecule has 7 heteroatoms. The molecule has 1 aromatic rings. The van der Waals surface area contributed by atoms with Crippen molar-refractivity contribution in [2.24, 2.45) is 0 Å². The maximum absolute atomic E-state index is 11.7. The molecular formula is C19H12BrN5O. The van der Waals surface area contributed by atoms with Crippen molar-refractivity contribution in [2.75, 3.05) is 5.73 Å². The van der Waals surface area contributed by atoms with E-state index in [1.807, 2.05) is 47.3 Å². The Kier molecular flexibility index (Phi) is 3.14. The molecule has 0 aromatic heterocycles. The number of aromatic amines is 1. The van der Waals surface area contributed by atoms with Gasteiger partial charge in [0.25, 0.3) is 0 Å². The molecule has 126 valence electrons. The number of anilines is 1. The summed E-state index contributed by atoms with van der Waals surface area (Å²) in [5, 5.41) is 4.06. The number of aromatic nitrogens is 4. The number of carbonyl (C=O) groups is 1. The van der Waals surface area contributed by atoms with E-state index in [1.54, 1.807) is 12.3 Å². The molecule has 26 heavy (non-hydrogen) atoms. The number of benzene rings is 1. The van der Waals surface area contributed by atoms with E-state index in [2.05, 4.69) is 31.0 Å². The Bertz CT molecular complexity index is 1280. The van der Waals surface area contributed by atoms with Crippen LogP contribution in [0.5, 0.6) is 0 Å². The van der Waals surface area contributed by atoms with Gasteiger partial charge in [0.2, 0.25) is 5.95 Å². The molecule has 0 radical (unpaired) electrons. The van der Waals surface area contributed by atoms with Gasteiger partial charge < -0.3 is 5.73 Å². The van der Waals surface area contributed by atoms with Gasteiger partial charge in [0.05, 0.1) is 27.4 Å². The van der Waals surface area contributed by atoms with E-state index in [0.717, 1.165) is 38.6 Å². The standard InChI is InChI=1S/C19H12BrN5O/c20-14-7-10(2-6-16(14)26)13-4-5-15-17-11(8-22-18(13)17)1-3-12-9-23-19(21)24-25(12)15/h1-9H,(H3,21,23,24)/b13-10-. The first kappa shape index (κ1) is 15.1. The first-order valence-corrected chi connectivity index (χ1v) is 8.75. The van der Waals surface area contributed by atoms with Crippen LogP contribution in [-0.4, -0.2) is 25.5 Å². The highest BCUT2D eigenvalue weighted by molar-refractivity contribution is 9.12. The molecule has 0 bridgehead atoms. The largest absolute Gasteiger partial charge is 0.368 e. The van der Waals surface area contributed by atoms with Crippen molar-refractivity contribution in [1.29, 1.82) is 0 Å². The fraction of sp³-hybridized carbons (Fsp3) is 0. The van der Waals surface area contributed by atoms with Crippen molar-refractivity contribution in [3.8, 4) is 16.8 Å².